The molecule has 0 aromatic heterocycles. The summed E-state index contributed by atoms with van der Waals surface area (Å²) in [5.74, 6) is -0.0664. The fourth-order valence-electron chi connectivity index (χ4n) is 9.26. The minimum absolute atomic E-state index is 0.0664. The lowest BCUT2D eigenvalue weighted by atomic mass is 10.0. The number of hydrogen-bond donors (Lipinski definition) is 3. The molecule has 0 aromatic rings. The lowest BCUT2D eigenvalue weighted by Crippen LogP contribution is -2.45. The minimum Gasteiger partial charge on any atom is -0.394 e. The van der Waals surface area contributed by atoms with Gasteiger partial charge in [-0.3, -0.25) is 4.79 Å². The highest BCUT2D eigenvalue weighted by Gasteiger charge is 2.18. The van der Waals surface area contributed by atoms with Crippen LogP contribution < -0.4 is 5.32 Å². The van der Waals surface area contributed by atoms with Crippen LogP contribution in [0.2, 0.25) is 0 Å². The smallest absolute Gasteiger partial charge is 0.220 e. The molecule has 1 amide bonds. The first-order valence-electron chi connectivity index (χ1n) is 29.1. The largest absolute Gasteiger partial charge is 0.394 e. The van der Waals surface area contributed by atoms with Gasteiger partial charge in [0, 0.05) is 6.42 Å². The normalized spacial score (nSPS) is 12.9. The Labute approximate surface area is 396 Å². The van der Waals surface area contributed by atoms with Crippen molar-refractivity contribution in [1.29, 1.82) is 0 Å². The van der Waals surface area contributed by atoms with Gasteiger partial charge in [-0.15, -0.1) is 0 Å². The maximum absolute atomic E-state index is 12.5. The number of aliphatic hydroxyl groups is 2. The summed E-state index contributed by atoms with van der Waals surface area (Å²) in [6.45, 7) is 4.34. The Morgan fingerprint density at radius 1 is 0.365 bits per heavy atom. The zero-order chi connectivity index (χ0) is 45.6. The zero-order valence-electron chi connectivity index (χ0n) is 43.1. The van der Waals surface area contributed by atoms with Crippen molar-refractivity contribution in [3.8, 4) is 0 Å². The molecule has 63 heavy (non-hydrogen) atoms. The van der Waals surface area contributed by atoms with E-state index in [2.05, 4.69) is 31.3 Å². The molecule has 0 saturated heterocycles. The Kier molecular flexibility index (Phi) is 54.2. The van der Waals surface area contributed by atoms with Crippen LogP contribution in [0.25, 0.3) is 0 Å². The van der Waals surface area contributed by atoms with Gasteiger partial charge in [0.05, 0.1) is 18.8 Å². The molecule has 0 heterocycles. The van der Waals surface area contributed by atoms with E-state index in [0.717, 1.165) is 32.1 Å². The molecule has 0 saturated carbocycles. The van der Waals surface area contributed by atoms with Crippen LogP contribution in [0.5, 0.6) is 0 Å². The van der Waals surface area contributed by atoms with Crippen LogP contribution in [0.3, 0.4) is 0 Å². The predicted molar refractivity (Wildman–Crippen MR) is 281 cm³/mol. The molecule has 4 heteroatoms. The van der Waals surface area contributed by atoms with E-state index < -0.39 is 12.1 Å². The number of amides is 1. The van der Waals surface area contributed by atoms with E-state index in [-0.39, 0.29) is 12.5 Å². The van der Waals surface area contributed by atoms with Crippen LogP contribution in [-0.4, -0.2) is 34.9 Å². The van der Waals surface area contributed by atoms with Crippen LogP contribution in [-0.2, 0) is 4.79 Å². The summed E-state index contributed by atoms with van der Waals surface area (Å²) in [6, 6.07) is -0.636. The van der Waals surface area contributed by atoms with Crippen molar-refractivity contribution in [1.82, 2.24) is 5.32 Å². The molecule has 0 radical (unpaired) electrons. The number of carbonyl (C=O) groups is 1. The summed E-state index contributed by atoms with van der Waals surface area (Å²) in [6.07, 6.45) is 73.6. The topological polar surface area (TPSA) is 69.6 Å². The Balaban J connectivity index is 3.48. The van der Waals surface area contributed by atoms with Gasteiger partial charge in [0.2, 0.25) is 5.91 Å². The van der Waals surface area contributed by atoms with Crippen molar-refractivity contribution >= 4 is 5.91 Å². The lowest BCUT2D eigenvalue weighted by molar-refractivity contribution is -0.123. The van der Waals surface area contributed by atoms with E-state index in [9.17, 15) is 15.0 Å². The zero-order valence-corrected chi connectivity index (χ0v) is 43.1. The van der Waals surface area contributed by atoms with E-state index >= 15 is 0 Å². The first-order valence-corrected chi connectivity index (χ1v) is 29.1. The number of allylic oxidation sites excluding steroid dienone is 3. The molecule has 2 unspecified atom stereocenters. The van der Waals surface area contributed by atoms with Gasteiger partial charge in [-0.2, -0.15) is 0 Å². The molecular formula is C59H115NO3. The first kappa shape index (κ1) is 61.9. The standard InChI is InChI=1S/C59H115NO3/c1-3-5-7-9-11-13-15-17-19-21-23-25-27-28-29-30-31-33-34-36-38-40-42-44-46-48-50-52-54-58(62)57(56-61)60-59(63)55-53-51-49-47-45-43-41-39-37-35-32-26-24-22-20-18-16-14-12-10-8-6-4-2/h44,46,52,54,57-58,61-62H,3-43,45,47-51,53,55-56H2,1-2H3,(H,60,63)/b46-44+,54-52+. The molecule has 0 aromatic carbocycles. The molecule has 0 rings (SSSR count). The van der Waals surface area contributed by atoms with Gasteiger partial charge in [0.15, 0.2) is 0 Å². The predicted octanol–water partition coefficient (Wildman–Crippen LogP) is 19.1. The fourth-order valence-corrected chi connectivity index (χ4v) is 9.26. The van der Waals surface area contributed by atoms with Crippen LogP contribution in [0.1, 0.15) is 328 Å². The summed E-state index contributed by atoms with van der Waals surface area (Å²) in [4.78, 5) is 12.5. The van der Waals surface area contributed by atoms with E-state index in [4.69, 9.17) is 0 Å². The molecule has 0 bridgehead atoms. The summed E-state index contributed by atoms with van der Waals surface area (Å²) >= 11 is 0. The van der Waals surface area contributed by atoms with Crippen molar-refractivity contribution in [2.24, 2.45) is 0 Å². The minimum atomic E-state index is -0.860. The maximum atomic E-state index is 12.5. The Bertz CT molecular complexity index is 916. The number of rotatable bonds is 54. The second-order valence-electron chi connectivity index (χ2n) is 20.1. The highest BCUT2D eigenvalue weighted by atomic mass is 16.3. The second kappa shape index (κ2) is 55.2. The quantitative estimate of drug-likeness (QED) is 0.0421. The van der Waals surface area contributed by atoms with E-state index in [0.29, 0.717) is 6.42 Å². The van der Waals surface area contributed by atoms with Gasteiger partial charge in [0.1, 0.15) is 0 Å². The van der Waals surface area contributed by atoms with Crippen LogP contribution in [0.15, 0.2) is 24.3 Å². The molecule has 0 aliphatic carbocycles. The summed E-state index contributed by atoms with van der Waals surface area (Å²) in [5.41, 5.74) is 0. The number of carbonyl (C=O) groups excluding carboxylic acids is 1. The fraction of sp³-hybridized carbons (Fsp3) is 0.915. The molecule has 0 spiro atoms. The van der Waals surface area contributed by atoms with E-state index in [1.165, 1.54) is 276 Å². The summed E-state index contributed by atoms with van der Waals surface area (Å²) in [5, 5.41) is 23.2. The molecule has 4 nitrogen and oxygen atoms in total. The summed E-state index contributed by atoms with van der Waals surface area (Å²) < 4.78 is 0. The molecule has 3 N–H and O–H groups in total. The third kappa shape index (κ3) is 51.7. The maximum Gasteiger partial charge on any atom is 0.220 e. The number of nitrogens with one attached hydrogen (secondary N) is 1. The van der Waals surface area contributed by atoms with Crippen molar-refractivity contribution in [3.05, 3.63) is 24.3 Å². The molecular weight excluding hydrogens is 771 g/mol. The monoisotopic (exact) mass is 886 g/mol. The van der Waals surface area contributed by atoms with E-state index in [1.807, 2.05) is 6.08 Å². The SMILES string of the molecule is CCCCCCCCCCCCCCCCCCCCCCCC/C=C/CC/C=C/C(O)C(CO)NC(=O)CCCCCCCCCCCCCCCCCCCCCCCCC. The van der Waals surface area contributed by atoms with Gasteiger partial charge in [0.25, 0.3) is 0 Å². The Hall–Kier alpha value is -1.13. The number of unbranched alkanes of at least 4 members (excludes halogenated alkanes) is 45. The first-order chi connectivity index (χ1) is 31.2. The molecule has 0 aliphatic rings. The highest BCUT2D eigenvalue weighted by molar-refractivity contribution is 5.76. The molecule has 0 fully saturated rings. The van der Waals surface area contributed by atoms with Gasteiger partial charge in [-0.1, -0.05) is 314 Å². The third-order valence-corrected chi connectivity index (χ3v) is 13.7. The molecule has 0 aliphatic heterocycles. The van der Waals surface area contributed by atoms with Crippen LogP contribution in [0.4, 0.5) is 0 Å². The average molecular weight is 887 g/mol. The van der Waals surface area contributed by atoms with E-state index in [1.54, 1.807) is 6.08 Å². The number of hydrogen-bond acceptors (Lipinski definition) is 3. The number of aliphatic hydroxyl groups excluding tert-OH is 2. The molecule has 374 valence electrons. The van der Waals surface area contributed by atoms with Gasteiger partial charge < -0.3 is 15.5 Å². The summed E-state index contributed by atoms with van der Waals surface area (Å²) in [7, 11) is 0. The van der Waals surface area contributed by atoms with Crippen LogP contribution in [0, 0.1) is 0 Å². The van der Waals surface area contributed by atoms with Gasteiger partial charge in [-0.25, -0.2) is 0 Å². The van der Waals surface area contributed by atoms with Crippen molar-refractivity contribution < 1.29 is 15.0 Å². The van der Waals surface area contributed by atoms with Crippen LogP contribution >= 0.6 is 0 Å². The average Bonchev–Trinajstić information content (AvgIpc) is 3.29. The van der Waals surface area contributed by atoms with Gasteiger partial charge >= 0.3 is 0 Å². The van der Waals surface area contributed by atoms with Crippen molar-refractivity contribution in [3.63, 3.8) is 0 Å². The molecule has 2 atom stereocenters. The van der Waals surface area contributed by atoms with Gasteiger partial charge in [-0.05, 0) is 32.1 Å². The van der Waals surface area contributed by atoms with Crippen molar-refractivity contribution in [2.45, 2.75) is 341 Å². The third-order valence-electron chi connectivity index (χ3n) is 13.7. The lowest BCUT2D eigenvalue weighted by Gasteiger charge is -2.19. The Morgan fingerprint density at radius 3 is 0.921 bits per heavy atom. The second-order valence-corrected chi connectivity index (χ2v) is 20.1. The Morgan fingerprint density at radius 2 is 0.619 bits per heavy atom. The van der Waals surface area contributed by atoms with Crippen molar-refractivity contribution in [2.75, 3.05) is 6.61 Å². The highest BCUT2D eigenvalue weighted by Crippen LogP contribution is 2.18.